The summed E-state index contributed by atoms with van der Waals surface area (Å²) in [6.45, 7) is 9.68. The summed E-state index contributed by atoms with van der Waals surface area (Å²) in [6.07, 6.45) is 0. The van der Waals surface area contributed by atoms with Crippen molar-refractivity contribution in [2.45, 2.75) is 46.2 Å². The van der Waals surface area contributed by atoms with E-state index in [-0.39, 0.29) is 5.41 Å². The van der Waals surface area contributed by atoms with Crippen LogP contribution < -0.4 is 0 Å². The zero-order valence-electron chi connectivity index (χ0n) is 18.0. The highest BCUT2D eigenvalue weighted by atomic mass is 16.3. The van der Waals surface area contributed by atoms with Crippen LogP contribution in [-0.4, -0.2) is 48.2 Å². The molecule has 148 valence electrons. The highest BCUT2D eigenvalue weighted by Gasteiger charge is 2.27. The molecule has 27 heavy (non-hydrogen) atoms. The summed E-state index contributed by atoms with van der Waals surface area (Å²) in [5.74, 6) is 0.747. The zero-order valence-corrected chi connectivity index (χ0v) is 18.0. The van der Waals surface area contributed by atoms with Gasteiger partial charge in [0.2, 0.25) is 0 Å². The van der Waals surface area contributed by atoms with Crippen LogP contribution >= 0.6 is 0 Å². The molecule has 2 aromatic rings. The molecule has 0 amide bonds. The smallest absolute Gasteiger partial charge is 0.122 e. The minimum absolute atomic E-state index is 0.251. The van der Waals surface area contributed by atoms with E-state index in [0.717, 1.165) is 33.4 Å². The van der Waals surface area contributed by atoms with E-state index in [2.05, 4.69) is 47.9 Å². The Morgan fingerprint density at radius 2 is 1.04 bits per heavy atom. The number of phenols is 2. The molecule has 2 rings (SSSR count). The molecule has 0 spiro atoms. The molecule has 4 heteroatoms. The predicted molar refractivity (Wildman–Crippen MR) is 113 cm³/mol. The molecule has 0 fully saturated rings. The fraction of sp³-hybridized carbons (Fsp3) is 0.478. The summed E-state index contributed by atoms with van der Waals surface area (Å²) in [4.78, 5) is 4.12. The maximum atomic E-state index is 10.5. The topological polar surface area (TPSA) is 46.9 Å². The van der Waals surface area contributed by atoms with E-state index >= 15 is 0 Å². The minimum Gasteiger partial charge on any atom is -0.507 e. The highest BCUT2D eigenvalue weighted by molar-refractivity contribution is 5.51. The molecule has 0 atom stereocenters. The first-order valence-corrected chi connectivity index (χ1v) is 9.39. The van der Waals surface area contributed by atoms with E-state index in [0.29, 0.717) is 24.6 Å². The van der Waals surface area contributed by atoms with Crippen LogP contribution in [0.15, 0.2) is 24.3 Å². The number of nitrogens with zero attached hydrogens (tertiary/aromatic N) is 2. The van der Waals surface area contributed by atoms with Crippen molar-refractivity contribution in [3.05, 3.63) is 57.6 Å². The van der Waals surface area contributed by atoms with Crippen molar-refractivity contribution in [3.63, 3.8) is 0 Å². The Labute approximate surface area is 164 Å². The van der Waals surface area contributed by atoms with Gasteiger partial charge >= 0.3 is 0 Å². The summed E-state index contributed by atoms with van der Waals surface area (Å²) in [5.41, 5.74) is 5.73. The Hall–Kier alpha value is -2.04. The van der Waals surface area contributed by atoms with Gasteiger partial charge < -0.3 is 20.0 Å². The molecule has 0 saturated heterocycles. The molecule has 0 aromatic heterocycles. The van der Waals surface area contributed by atoms with Gasteiger partial charge in [0, 0.05) is 29.6 Å². The van der Waals surface area contributed by atoms with Crippen molar-refractivity contribution in [2.24, 2.45) is 0 Å². The Morgan fingerprint density at radius 3 is 1.33 bits per heavy atom. The van der Waals surface area contributed by atoms with Crippen molar-refractivity contribution in [3.8, 4) is 11.5 Å². The quantitative estimate of drug-likeness (QED) is 0.801. The van der Waals surface area contributed by atoms with Gasteiger partial charge in [0.1, 0.15) is 11.5 Å². The zero-order chi connectivity index (χ0) is 20.5. The molecule has 2 N–H and O–H groups in total. The number of hydrogen-bond donors (Lipinski definition) is 2. The summed E-state index contributed by atoms with van der Waals surface area (Å²) in [7, 11) is 8.01. The van der Waals surface area contributed by atoms with Crippen LogP contribution in [-0.2, 0) is 18.5 Å². The van der Waals surface area contributed by atoms with Crippen molar-refractivity contribution >= 4 is 0 Å². The lowest BCUT2D eigenvalue weighted by molar-refractivity contribution is 0.383. The maximum absolute atomic E-state index is 10.5. The Morgan fingerprint density at radius 1 is 0.704 bits per heavy atom. The number of benzene rings is 2. The molecule has 0 aliphatic carbocycles. The van der Waals surface area contributed by atoms with Crippen LogP contribution in [0, 0.1) is 13.8 Å². The van der Waals surface area contributed by atoms with Crippen molar-refractivity contribution in [1.29, 1.82) is 0 Å². The van der Waals surface area contributed by atoms with E-state index in [4.69, 9.17) is 0 Å². The molecule has 0 aliphatic rings. The number of phenolic OH excluding ortho intramolecular Hbond substituents is 2. The fourth-order valence-corrected chi connectivity index (χ4v) is 3.52. The second kappa shape index (κ2) is 7.91. The first-order valence-electron chi connectivity index (χ1n) is 9.39. The molecule has 0 saturated carbocycles. The lowest BCUT2D eigenvalue weighted by atomic mass is 9.76. The third-order valence-electron chi connectivity index (χ3n) is 5.18. The number of rotatable bonds is 6. The van der Waals surface area contributed by atoms with Crippen molar-refractivity contribution in [2.75, 3.05) is 28.2 Å². The Balaban J connectivity index is 2.58. The summed E-state index contributed by atoms with van der Waals surface area (Å²) < 4.78 is 0. The Kier molecular flexibility index (Phi) is 6.23. The monoisotopic (exact) mass is 370 g/mol. The van der Waals surface area contributed by atoms with Gasteiger partial charge in [-0.3, -0.25) is 0 Å². The highest BCUT2D eigenvalue weighted by Crippen LogP contribution is 2.38. The van der Waals surface area contributed by atoms with Crippen LogP contribution in [0.3, 0.4) is 0 Å². The van der Waals surface area contributed by atoms with E-state index in [9.17, 15) is 10.2 Å². The standard InChI is InChI=1S/C23H34N2O2/c1-15-9-19(11-17(21(15)26)13-24(5)6)23(3,4)20-10-16(2)22(27)18(12-20)14-25(7)8/h9-12,26-27H,13-14H2,1-8H3. The molecule has 0 radical (unpaired) electrons. The Bertz CT molecular complexity index is 756. The van der Waals surface area contributed by atoms with Gasteiger partial charge in [0.25, 0.3) is 0 Å². The second-order valence-electron chi connectivity index (χ2n) is 8.70. The van der Waals surface area contributed by atoms with Crippen LogP contribution in [0.25, 0.3) is 0 Å². The van der Waals surface area contributed by atoms with Gasteiger partial charge in [-0.05, 0) is 76.4 Å². The summed E-state index contributed by atoms with van der Waals surface area (Å²) in [6, 6.07) is 8.36. The van der Waals surface area contributed by atoms with Gasteiger partial charge in [0.05, 0.1) is 0 Å². The predicted octanol–water partition coefficient (Wildman–Crippen LogP) is 4.16. The van der Waals surface area contributed by atoms with Gasteiger partial charge in [-0.25, -0.2) is 0 Å². The molecule has 0 aliphatic heterocycles. The normalized spacial score (nSPS) is 12.2. The van der Waals surface area contributed by atoms with Gasteiger partial charge in [-0.1, -0.05) is 26.0 Å². The maximum Gasteiger partial charge on any atom is 0.122 e. The van der Waals surface area contributed by atoms with E-state index in [1.807, 2.05) is 42.0 Å². The summed E-state index contributed by atoms with van der Waals surface area (Å²) in [5, 5.41) is 20.9. The first kappa shape index (κ1) is 21.3. The minimum atomic E-state index is -0.251. The molecule has 0 unspecified atom stereocenters. The SMILES string of the molecule is Cc1cc(C(C)(C)c2cc(C)c(O)c(CN(C)C)c2)cc(CN(C)C)c1O. The van der Waals surface area contributed by atoms with E-state index in [1.54, 1.807) is 0 Å². The average Bonchev–Trinajstić information content (AvgIpc) is 2.54. The third-order valence-corrected chi connectivity index (χ3v) is 5.18. The molecule has 0 bridgehead atoms. The number of aromatic hydroxyl groups is 2. The summed E-state index contributed by atoms with van der Waals surface area (Å²) >= 11 is 0. The van der Waals surface area contributed by atoms with E-state index in [1.165, 1.54) is 0 Å². The van der Waals surface area contributed by atoms with Crippen LogP contribution in [0.1, 0.15) is 47.2 Å². The molecule has 2 aromatic carbocycles. The lowest BCUT2D eigenvalue weighted by Gasteiger charge is -2.29. The first-order chi connectivity index (χ1) is 12.4. The van der Waals surface area contributed by atoms with Crippen LogP contribution in [0.4, 0.5) is 0 Å². The van der Waals surface area contributed by atoms with Crippen LogP contribution in [0.5, 0.6) is 11.5 Å². The van der Waals surface area contributed by atoms with Crippen molar-refractivity contribution < 1.29 is 10.2 Å². The van der Waals surface area contributed by atoms with Gasteiger partial charge in [0.15, 0.2) is 0 Å². The number of hydrogen-bond acceptors (Lipinski definition) is 4. The molecule has 4 nitrogen and oxygen atoms in total. The molecular weight excluding hydrogens is 336 g/mol. The van der Waals surface area contributed by atoms with Gasteiger partial charge in [-0.2, -0.15) is 0 Å². The van der Waals surface area contributed by atoms with Crippen LogP contribution in [0.2, 0.25) is 0 Å². The fourth-order valence-electron chi connectivity index (χ4n) is 3.52. The third kappa shape index (κ3) is 4.63. The van der Waals surface area contributed by atoms with Gasteiger partial charge in [-0.15, -0.1) is 0 Å². The van der Waals surface area contributed by atoms with Crippen molar-refractivity contribution in [1.82, 2.24) is 9.80 Å². The van der Waals surface area contributed by atoms with E-state index < -0.39 is 0 Å². The largest absolute Gasteiger partial charge is 0.507 e. The molecular formula is C23H34N2O2. The molecule has 0 heterocycles. The average molecular weight is 371 g/mol. The second-order valence-corrected chi connectivity index (χ2v) is 8.70. The lowest BCUT2D eigenvalue weighted by Crippen LogP contribution is -2.21. The number of aryl methyl sites for hydroxylation is 2.